The number of thiophene rings is 1. The molecular weight excluding hydrogens is 516 g/mol. The normalized spacial score (nSPS) is 10.6. The minimum Gasteiger partial charge on any atom is -0.478 e. The van der Waals surface area contributed by atoms with Crippen molar-refractivity contribution in [1.29, 1.82) is 0 Å². The SMILES string of the molecule is CC.CCCC.CCCc1c(-c2ccc(/C=C/c3ccccc3)s2)n(CC(=O)N(C)C)c2cc(C(=O)O)ccc12. The second-order valence-electron chi connectivity index (χ2n) is 9.43. The molecule has 0 unspecified atom stereocenters. The van der Waals surface area contributed by atoms with Crippen molar-refractivity contribution in [3.05, 3.63) is 82.2 Å². The Bertz CT molecular complexity index is 1400. The predicted molar refractivity (Wildman–Crippen MR) is 172 cm³/mol. The second-order valence-corrected chi connectivity index (χ2v) is 10.5. The van der Waals surface area contributed by atoms with Gasteiger partial charge < -0.3 is 14.6 Å². The highest BCUT2D eigenvalue weighted by Gasteiger charge is 2.22. The summed E-state index contributed by atoms with van der Waals surface area (Å²) in [5, 5.41) is 10.6. The standard InChI is InChI=1S/C28H28N2O3S.C4H10.C2H6/c1-4-8-23-22-15-12-20(28(32)33)17-24(22)30(18-26(31)29(2)3)27(23)25-16-14-21(34-25)13-11-19-9-6-5-7-10-19;1-3-4-2;1-2/h5-7,9-17H,4,8,18H2,1-3H3,(H,32,33);3-4H2,1-2H3;1-2H3/b13-11+;;. The van der Waals surface area contributed by atoms with E-state index in [9.17, 15) is 14.7 Å². The number of fused-ring (bicyclic) bond motifs is 1. The number of rotatable bonds is 9. The van der Waals surface area contributed by atoms with Crippen LogP contribution in [-0.2, 0) is 17.8 Å². The lowest BCUT2D eigenvalue weighted by molar-refractivity contribution is -0.129. The minimum atomic E-state index is -0.975. The summed E-state index contributed by atoms with van der Waals surface area (Å²) in [6.45, 7) is 10.6. The van der Waals surface area contributed by atoms with E-state index in [1.54, 1.807) is 42.5 Å². The monoisotopic (exact) mass is 560 g/mol. The van der Waals surface area contributed by atoms with E-state index in [2.05, 4.69) is 57.2 Å². The van der Waals surface area contributed by atoms with Crippen molar-refractivity contribution in [2.45, 2.75) is 66.8 Å². The molecule has 1 N–H and O–H groups in total. The van der Waals surface area contributed by atoms with Gasteiger partial charge in [0.15, 0.2) is 0 Å². The number of unbranched alkanes of at least 4 members (excludes halogenated alkanes) is 1. The van der Waals surface area contributed by atoms with E-state index in [4.69, 9.17) is 0 Å². The third-order valence-electron chi connectivity index (χ3n) is 6.31. The zero-order valence-electron chi connectivity index (χ0n) is 25.0. The Kier molecular flexibility index (Phi) is 13.4. The number of nitrogens with zero attached hydrogens (tertiary/aromatic N) is 2. The molecule has 0 aliphatic heterocycles. The molecule has 0 aliphatic carbocycles. The first-order valence-corrected chi connectivity index (χ1v) is 15.0. The van der Waals surface area contributed by atoms with E-state index >= 15 is 0 Å². The van der Waals surface area contributed by atoms with Gasteiger partial charge >= 0.3 is 5.97 Å². The molecule has 0 spiro atoms. The zero-order valence-corrected chi connectivity index (χ0v) is 25.8. The van der Waals surface area contributed by atoms with Gasteiger partial charge in [0.2, 0.25) is 5.91 Å². The van der Waals surface area contributed by atoms with Gasteiger partial charge in [0, 0.05) is 24.4 Å². The molecule has 0 saturated heterocycles. The van der Waals surface area contributed by atoms with Crippen LogP contribution >= 0.6 is 11.3 Å². The van der Waals surface area contributed by atoms with Gasteiger partial charge in [0.25, 0.3) is 0 Å². The van der Waals surface area contributed by atoms with Crippen molar-refractivity contribution in [2.24, 2.45) is 0 Å². The van der Waals surface area contributed by atoms with Crippen molar-refractivity contribution < 1.29 is 14.7 Å². The van der Waals surface area contributed by atoms with Crippen molar-refractivity contribution >= 4 is 46.3 Å². The summed E-state index contributed by atoms with van der Waals surface area (Å²) in [4.78, 5) is 28.2. The molecule has 0 bridgehead atoms. The van der Waals surface area contributed by atoms with Crippen LogP contribution in [0.15, 0.2) is 60.7 Å². The summed E-state index contributed by atoms with van der Waals surface area (Å²) in [6, 6.07) is 19.6. The molecule has 1 amide bonds. The Morgan fingerprint density at radius 3 is 2.15 bits per heavy atom. The summed E-state index contributed by atoms with van der Waals surface area (Å²) in [5.41, 5.74) is 4.29. The van der Waals surface area contributed by atoms with Gasteiger partial charge in [-0.05, 0) is 47.9 Å². The summed E-state index contributed by atoms with van der Waals surface area (Å²) >= 11 is 1.67. The lowest BCUT2D eigenvalue weighted by atomic mass is 10.0. The van der Waals surface area contributed by atoms with E-state index in [0.717, 1.165) is 50.3 Å². The highest BCUT2D eigenvalue weighted by Crippen LogP contribution is 2.39. The number of carbonyl (C=O) groups excluding carboxylic acids is 1. The van der Waals surface area contributed by atoms with Crippen LogP contribution in [0.5, 0.6) is 0 Å². The Morgan fingerprint density at radius 1 is 0.900 bits per heavy atom. The van der Waals surface area contributed by atoms with E-state index in [-0.39, 0.29) is 18.0 Å². The van der Waals surface area contributed by atoms with Crippen LogP contribution in [0, 0.1) is 0 Å². The Labute approximate surface area is 243 Å². The molecule has 2 aromatic heterocycles. The van der Waals surface area contributed by atoms with Gasteiger partial charge in [0.05, 0.1) is 21.7 Å². The fraction of sp³-hybridized carbons (Fsp3) is 0.353. The Morgan fingerprint density at radius 2 is 1.57 bits per heavy atom. The maximum Gasteiger partial charge on any atom is 0.335 e. The van der Waals surface area contributed by atoms with Crippen LogP contribution in [0.25, 0.3) is 33.6 Å². The Hall–Kier alpha value is -3.64. The first kappa shape index (κ1) is 32.6. The van der Waals surface area contributed by atoms with Crippen molar-refractivity contribution in [1.82, 2.24) is 9.47 Å². The second kappa shape index (κ2) is 16.5. The number of hydrogen-bond donors (Lipinski definition) is 1. The van der Waals surface area contributed by atoms with Gasteiger partial charge in [-0.25, -0.2) is 4.79 Å². The average molecular weight is 561 g/mol. The average Bonchev–Trinajstić information content (AvgIpc) is 3.56. The number of aryl methyl sites for hydroxylation is 1. The van der Waals surface area contributed by atoms with Crippen LogP contribution in [0.3, 0.4) is 0 Å². The molecule has 5 nitrogen and oxygen atoms in total. The van der Waals surface area contributed by atoms with Crippen molar-refractivity contribution in [3.63, 3.8) is 0 Å². The van der Waals surface area contributed by atoms with E-state index < -0.39 is 5.97 Å². The maximum atomic E-state index is 12.8. The fourth-order valence-electron chi connectivity index (χ4n) is 4.09. The lowest BCUT2D eigenvalue weighted by Crippen LogP contribution is -2.26. The number of benzene rings is 2. The fourth-order valence-corrected chi connectivity index (χ4v) is 5.08. The number of likely N-dealkylation sites (N-methyl/N-ethyl adjacent to an activating group) is 1. The van der Waals surface area contributed by atoms with Crippen LogP contribution in [0.4, 0.5) is 0 Å². The van der Waals surface area contributed by atoms with Gasteiger partial charge in [0.1, 0.15) is 6.54 Å². The molecule has 40 heavy (non-hydrogen) atoms. The first-order chi connectivity index (χ1) is 19.3. The number of amides is 1. The maximum absolute atomic E-state index is 12.8. The number of hydrogen-bond acceptors (Lipinski definition) is 3. The molecule has 6 heteroatoms. The van der Waals surface area contributed by atoms with Crippen LogP contribution in [-0.4, -0.2) is 40.5 Å². The molecule has 214 valence electrons. The first-order valence-electron chi connectivity index (χ1n) is 14.2. The third kappa shape index (κ3) is 8.43. The van der Waals surface area contributed by atoms with Crippen LogP contribution in [0.1, 0.15) is 80.2 Å². The topological polar surface area (TPSA) is 62.5 Å². The lowest BCUT2D eigenvalue weighted by Gasteiger charge is -2.15. The summed E-state index contributed by atoms with van der Waals surface area (Å²) < 4.78 is 1.99. The van der Waals surface area contributed by atoms with E-state index in [1.807, 2.05) is 42.7 Å². The minimum absolute atomic E-state index is 0.0392. The van der Waals surface area contributed by atoms with Gasteiger partial charge in [-0.3, -0.25) is 4.79 Å². The molecule has 0 fully saturated rings. The van der Waals surface area contributed by atoms with Gasteiger partial charge in [-0.15, -0.1) is 11.3 Å². The van der Waals surface area contributed by atoms with E-state index in [0.29, 0.717) is 0 Å². The van der Waals surface area contributed by atoms with Gasteiger partial charge in [-0.1, -0.05) is 96.4 Å². The summed E-state index contributed by atoms with van der Waals surface area (Å²) in [6.07, 6.45) is 8.62. The predicted octanol–water partition coefficient (Wildman–Crippen LogP) is 9.11. The third-order valence-corrected chi connectivity index (χ3v) is 7.37. The smallest absolute Gasteiger partial charge is 0.335 e. The quantitative estimate of drug-likeness (QED) is 0.222. The van der Waals surface area contributed by atoms with Gasteiger partial charge in [-0.2, -0.15) is 0 Å². The van der Waals surface area contributed by atoms with E-state index in [1.165, 1.54) is 12.8 Å². The molecule has 0 aliphatic rings. The van der Waals surface area contributed by atoms with Crippen molar-refractivity contribution in [3.8, 4) is 10.6 Å². The number of carbonyl (C=O) groups is 2. The molecule has 4 aromatic rings. The summed E-state index contributed by atoms with van der Waals surface area (Å²) in [5.74, 6) is -1.01. The zero-order chi connectivity index (χ0) is 29.7. The number of carboxylic acids is 1. The number of aromatic nitrogens is 1. The number of aromatic carboxylic acids is 1. The molecule has 2 heterocycles. The summed E-state index contributed by atoms with van der Waals surface area (Å²) in [7, 11) is 3.47. The molecule has 0 atom stereocenters. The van der Waals surface area contributed by atoms with Crippen LogP contribution < -0.4 is 0 Å². The molecule has 0 radical (unpaired) electrons. The highest BCUT2D eigenvalue weighted by atomic mass is 32.1. The number of carboxylic acid groups (broad SMARTS) is 1. The highest BCUT2D eigenvalue weighted by molar-refractivity contribution is 7.16. The van der Waals surface area contributed by atoms with Crippen molar-refractivity contribution in [2.75, 3.05) is 14.1 Å². The molecule has 4 rings (SSSR count). The molecule has 0 saturated carbocycles. The largest absolute Gasteiger partial charge is 0.478 e. The Balaban J connectivity index is 0.000000858. The molecular formula is C34H44N2O3S. The van der Waals surface area contributed by atoms with Crippen LogP contribution in [0.2, 0.25) is 0 Å². The molecule has 2 aromatic carbocycles.